The predicted molar refractivity (Wildman–Crippen MR) is 110 cm³/mol. The first-order chi connectivity index (χ1) is 11.8. The van der Waals surface area contributed by atoms with Gasteiger partial charge < -0.3 is 9.97 Å². The minimum atomic E-state index is 0. The van der Waals surface area contributed by atoms with Gasteiger partial charge in [0.25, 0.3) is 0 Å². The van der Waals surface area contributed by atoms with E-state index >= 15 is 0 Å². The molecule has 0 aromatic carbocycles. The van der Waals surface area contributed by atoms with Gasteiger partial charge in [-0.05, 0) is 72.8 Å². The Balaban J connectivity index is 0.000000980. The van der Waals surface area contributed by atoms with E-state index in [4.69, 9.17) is 0 Å². The summed E-state index contributed by atoms with van der Waals surface area (Å²) < 4.78 is 0. The van der Waals surface area contributed by atoms with Crippen molar-refractivity contribution in [3.8, 4) is 0 Å². The van der Waals surface area contributed by atoms with Crippen LogP contribution in [-0.2, 0) is 0 Å². The van der Waals surface area contributed by atoms with Gasteiger partial charge >= 0.3 is 0 Å². The molecule has 0 saturated heterocycles. The third-order valence-corrected chi connectivity index (χ3v) is 4.04. The highest BCUT2D eigenvalue weighted by Crippen LogP contribution is 2.17. The maximum Gasteiger partial charge on any atom is 0.0659 e. The van der Waals surface area contributed by atoms with E-state index in [1.807, 2.05) is 42.5 Å². The Morgan fingerprint density at radius 3 is 1.23 bits per heavy atom. The molecule has 0 fully saturated rings. The maximum absolute atomic E-state index is 4.62. The topological polar surface area (TPSA) is 57.4 Å². The summed E-state index contributed by atoms with van der Waals surface area (Å²) in [6.07, 6.45) is 8.05. The van der Waals surface area contributed by atoms with E-state index in [-0.39, 0.29) is 46.1 Å². The van der Waals surface area contributed by atoms with Gasteiger partial charge in [0, 0.05) is 68.2 Å². The third kappa shape index (κ3) is 3.93. The van der Waals surface area contributed by atoms with Crippen LogP contribution < -0.4 is 0 Å². The zero-order valence-corrected chi connectivity index (χ0v) is 17.1. The zero-order valence-electron chi connectivity index (χ0n) is 14.2. The number of fused-ring (bicyclic) bond motifs is 8. The van der Waals surface area contributed by atoms with Gasteiger partial charge in [-0.15, -0.1) is 0 Å². The molecule has 8 bridgehead atoms. The molecule has 3 aromatic rings. The van der Waals surface area contributed by atoms with Crippen LogP contribution >= 0.6 is 0 Å². The van der Waals surface area contributed by atoms with Crippen molar-refractivity contribution in [2.24, 2.45) is 0 Å². The molecule has 0 spiro atoms. The molecule has 6 heteroatoms. The standard InChI is InChI=1S/C20H14N4.2Mg/c1-2-14-10-16-5-6-18(23-16)12-20-8-7-19(24-20)11-17-4-3-15(22-17)9-13(1)21-14;;/h1-12,21-22H;;. The van der Waals surface area contributed by atoms with Crippen LogP contribution in [0.5, 0.6) is 0 Å². The lowest BCUT2D eigenvalue weighted by molar-refractivity contribution is 1.28. The highest BCUT2D eigenvalue weighted by Gasteiger charge is 2.02. The van der Waals surface area contributed by atoms with Gasteiger partial charge in [0.2, 0.25) is 0 Å². The number of aromatic amines is 2. The lowest BCUT2D eigenvalue weighted by Gasteiger charge is -1.86. The third-order valence-electron chi connectivity index (χ3n) is 4.04. The molecule has 3 aromatic heterocycles. The summed E-state index contributed by atoms with van der Waals surface area (Å²) in [7, 11) is 0. The van der Waals surface area contributed by atoms with Crippen molar-refractivity contribution in [2.75, 3.05) is 0 Å². The van der Waals surface area contributed by atoms with E-state index in [1.54, 1.807) is 0 Å². The minimum absolute atomic E-state index is 0. The van der Waals surface area contributed by atoms with Crippen LogP contribution in [0.2, 0.25) is 0 Å². The van der Waals surface area contributed by atoms with E-state index < -0.39 is 0 Å². The Morgan fingerprint density at radius 2 is 0.808 bits per heavy atom. The Bertz CT molecular complexity index is 1080. The zero-order chi connectivity index (χ0) is 15.9. The molecular weight excluding hydrogens is 345 g/mol. The second-order valence-electron chi connectivity index (χ2n) is 5.91. The summed E-state index contributed by atoms with van der Waals surface area (Å²) in [4.78, 5) is 16.0. The molecule has 4 nitrogen and oxygen atoms in total. The molecule has 118 valence electrons. The molecule has 0 amide bonds. The fraction of sp³-hybridized carbons (Fsp3) is 0. The fourth-order valence-corrected chi connectivity index (χ4v) is 2.94. The summed E-state index contributed by atoms with van der Waals surface area (Å²) in [5, 5.41) is 0. The van der Waals surface area contributed by atoms with Crippen LogP contribution in [0.25, 0.3) is 46.4 Å². The van der Waals surface area contributed by atoms with Crippen LogP contribution in [-0.4, -0.2) is 66.0 Å². The van der Waals surface area contributed by atoms with Crippen LogP contribution in [0.15, 0.2) is 48.5 Å². The fourth-order valence-electron chi connectivity index (χ4n) is 2.94. The number of nitrogens with zero attached hydrogens (tertiary/aromatic N) is 2. The van der Waals surface area contributed by atoms with E-state index in [1.165, 1.54) is 0 Å². The van der Waals surface area contributed by atoms with E-state index in [0.29, 0.717) is 0 Å². The highest BCUT2D eigenvalue weighted by molar-refractivity contribution is 5.77. The van der Waals surface area contributed by atoms with Crippen LogP contribution in [0.3, 0.4) is 0 Å². The monoisotopic (exact) mass is 358 g/mol. The van der Waals surface area contributed by atoms with E-state index in [9.17, 15) is 0 Å². The molecule has 0 atom stereocenters. The average Bonchev–Trinajstić information content (AvgIpc) is 3.32. The normalized spacial score (nSPS) is 11.7. The number of aromatic nitrogens is 4. The minimum Gasteiger partial charge on any atom is -0.355 e. The van der Waals surface area contributed by atoms with Crippen molar-refractivity contribution in [2.45, 2.75) is 0 Å². The van der Waals surface area contributed by atoms with Gasteiger partial charge in [0.15, 0.2) is 0 Å². The summed E-state index contributed by atoms with van der Waals surface area (Å²) in [6, 6.07) is 16.4. The Hall–Kier alpha value is -1.87. The molecule has 4 radical (unpaired) electrons. The molecule has 0 unspecified atom stereocenters. The molecule has 5 rings (SSSR count). The van der Waals surface area contributed by atoms with Crippen molar-refractivity contribution in [3.63, 3.8) is 0 Å². The molecule has 0 aliphatic carbocycles. The van der Waals surface area contributed by atoms with Gasteiger partial charge in [0.1, 0.15) is 0 Å². The van der Waals surface area contributed by atoms with Gasteiger partial charge in [-0.25, -0.2) is 9.97 Å². The molecule has 2 aliphatic heterocycles. The van der Waals surface area contributed by atoms with Crippen molar-refractivity contribution < 1.29 is 0 Å². The van der Waals surface area contributed by atoms with Crippen LogP contribution in [0.1, 0.15) is 22.8 Å². The number of hydrogen-bond donors (Lipinski definition) is 2. The molecule has 2 aliphatic rings. The largest absolute Gasteiger partial charge is 0.355 e. The SMILES string of the molecule is C1=Cc2cc3ccc(cc4ccc(cc5nc(cc1n2)C=C5)[nH]4)[nH]3.[Mg].[Mg]. The summed E-state index contributed by atoms with van der Waals surface area (Å²) in [5.74, 6) is 0. The number of rotatable bonds is 0. The average molecular weight is 359 g/mol. The molecule has 2 N–H and O–H groups in total. The van der Waals surface area contributed by atoms with Crippen molar-refractivity contribution in [1.29, 1.82) is 0 Å². The van der Waals surface area contributed by atoms with Gasteiger partial charge in [-0.3, -0.25) is 0 Å². The molecule has 0 saturated carbocycles. The molecule has 26 heavy (non-hydrogen) atoms. The van der Waals surface area contributed by atoms with Crippen molar-refractivity contribution in [1.82, 2.24) is 19.9 Å². The van der Waals surface area contributed by atoms with Gasteiger partial charge in [-0.2, -0.15) is 0 Å². The number of nitrogens with one attached hydrogen (secondary N) is 2. The second-order valence-corrected chi connectivity index (χ2v) is 5.91. The highest BCUT2D eigenvalue weighted by atomic mass is 24.3. The Kier molecular flexibility index (Phi) is 5.67. The number of H-pyrrole nitrogens is 2. The van der Waals surface area contributed by atoms with Crippen LogP contribution in [0, 0.1) is 0 Å². The second kappa shape index (κ2) is 7.79. The Labute approximate surface area is 182 Å². The molecule has 5 heterocycles. The van der Waals surface area contributed by atoms with Crippen molar-refractivity contribution >= 4 is 92.5 Å². The summed E-state index contributed by atoms with van der Waals surface area (Å²) in [6.45, 7) is 0. The van der Waals surface area contributed by atoms with E-state index in [2.05, 4.69) is 50.3 Å². The first-order valence-corrected chi connectivity index (χ1v) is 7.85. The van der Waals surface area contributed by atoms with Crippen molar-refractivity contribution in [3.05, 3.63) is 71.3 Å². The smallest absolute Gasteiger partial charge is 0.0659 e. The van der Waals surface area contributed by atoms with Gasteiger partial charge in [0.05, 0.1) is 22.8 Å². The summed E-state index contributed by atoms with van der Waals surface area (Å²) in [5.41, 5.74) is 7.86. The number of hydrogen-bond acceptors (Lipinski definition) is 2. The lowest BCUT2D eigenvalue weighted by atomic mass is 10.3. The van der Waals surface area contributed by atoms with E-state index in [0.717, 1.165) is 44.8 Å². The first-order valence-electron chi connectivity index (χ1n) is 7.85. The Morgan fingerprint density at radius 1 is 0.462 bits per heavy atom. The van der Waals surface area contributed by atoms with Crippen LogP contribution in [0.4, 0.5) is 0 Å². The molecular formula is C20H14Mg2N4. The summed E-state index contributed by atoms with van der Waals surface area (Å²) >= 11 is 0. The predicted octanol–water partition coefficient (Wildman–Crippen LogP) is 3.89. The quantitative estimate of drug-likeness (QED) is 0.412. The maximum atomic E-state index is 4.62. The first kappa shape index (κ1) is 18.9. The lowest BCUT2D eigenvalue weighted by Crippen LogP contribution is -1.77. The van der Waals surface area contributed by atoms with Gasteiger partial charge in [-0.1, -0.05) is 0 Å².